The fourth-order valence-electron chi connectivity index (χ4n) is 2.78. The number of carbonyl (C=O) groups excluding carboxylic acids is 1. The Morgan fingerprint density at radius 1 is 0.708 bits per heavy atom. The van der Waals surface area contributed by atoms with E-state index in [1.165, 1.54) is 0 Å². The van der Waals surface area contributed by atoms with Gasteiger partial charge in [-0.25, -0.2) is 4.79 Å². The molecule has 0 radical (unpaired) electrons. The van der Waals surface area contributed by atoms with Crippen LogP contribution in [0.4, 0.5) is 0 Å². The Hall–Kier alpha value is -3.33. The predicted molar refractivity (Wildman–Crippen MR) is 94.5 cm³/mol. The zero-order valence-corrected chi connectivity index (χ0v) is 12.8. The third kappa shape index (κ3) is 2.57. The molecular formula is C21H14O3. The van der Waals surface area contributed by atoms with Gasteiger partial charge in [0.1, 0.15) is 17.1 Å². The lowest BCUT2D eigenvalue weighted by atomic mass is 10.1. The fourth-order valence-corrected chi connectivity index (χ4v) is 2.78. The van der Waals surface area contributed by atoms with Gasteiger partial charge in [-0.15, -0.1) is 0 Å². The average molecular weight is 314 g/mol. The molecule has 0 bridgehead atoms. The number of fused-ring (bicyclic) bond motifs is 2. The Kier molecular flexibility index (Phi) is 3.39. The molecule has 116 valence electrons. The second kappa shape index (κ2) is 5.70. The predicted octanol–water partition coefficient (Wildman–Crippen LogP) is 4.92. The van der Waals surface area contributed by atoms with Crippen molar-refractivity contribution in [1.29, 1.82) is 0 Å². The molecule has 4 aromatic rings. The second-order valence-corrected chi connectivity index (χ2v) is 5.61. The minimum Gasteiger partial charge on any atom is -0.507 e. The number of esters is 1. The number of phenols is 1. The number of hydrogen-bond donors (Lipinski definition) is 1. The third-order valence-corrected chi connectivity index (χ3v) is 4.02. The van der Waals surface area contributed by atoms with E-state index in [1.54, 1.807) is 18.2 Å². The lowest BCUT2D eigenvalue weighted by Crippen LogP contribution is -2.08. The highest BCUT2D eigenvalue weighted by Crippen LogP contribution is 2.27. The van der Waals surface area contributed by atoms with Crippen LogP contribution < -0.4 is 4.74 Å². The van der Waals surface area contributed by atoms with Gasteiger partial charge in [0, 0.05) is 0 Å². The van der Waals surface area contributed by atoms with E-state index in [4.69, 9.17) is 4.74 Å². The molecule has 0 spiro atoms. The molecule has 4 aromatic carbocycles. The van der Waals surface area contributed by atoms with Gasteiger partial charge in [0.05, 0.1) is 0 Å². The highest BCUT2D eigenvalue weighted by molar-refractivity contribution is 5.99. The van der Waals surface area contributed by atoms with Crippen molar-refractivity contribution in [2.45, 2.75) is 0 Å². The van der Waals surface area contributed by atoms with Crippen molar-refractivity contribution in [2.75, 3.05) is 0 Å². The van der Waals surface area contributed by atoms with E-state index in [-0.39, 0.29) is 11.3 Å². The smallest absolute Gasteiger partial charge is 0.347 e. The second-order valence-electron chi connectivity index (χ2n) is 5.61. The van der Waals surface area contributed by atoms with Gasteiger partial charge in [-0.2, -0.15) is 0 Å². The summed E-state index contributed by atoms with van der Waals surface area (Å²) in [6.45, 7) is 0. The molecule has 0 aliphatic rings. The maximum Gasteiger partial charge on any atom is 0.347 e. The first-order valence-electron chi connectivity index (χ1n) is 7.63. The summed E-state index contributed by atoms with van der Waals surface area (Å²) in [6.07, 6.45) is 0. The third-order valence-electron chi connectivity index (χ3n) is 4.02. The summed E-state index contributed by atoms with van der Waals surface area (Å²) in [4.78, 5) is 12.4. The van der Waals surface area contributed by atoms with Crippen molar-refractivity contribution in [2.24, 2.45) is 0 Å². The van der Waals surface area contributed by atoms with Crippen molar-refractivity contribution < 1.29 is 14.6 Å². The number of rotatable bonds is 2. The molecule has 0 heterocycles. The molecule has 0 amide bonds. The van der Waals surface area contributed by atoms with Crippen LogP contribution in [0.1, 0.15) is 10.4 Å². The molecule has 0 aromatic heterocycles. The van der Waals surface area contributed by atoms with Crippen molar-refractivity contribution in [1.82, 2.24) is 0 Å². The van der Waals surface area contributed by atoms with Crippen LogP contribution in [-0.2, 0) is 0 Å². The van der Waals surface area contributed by atoms with Gasteiger partial charge in [0.15, 0.2) is 0 Å². The molecule has 1 N–H and O–H groups in total. The lowest BCUT2D eigenvalue weighted by molar-refractivity contribution is 0.0732. The Labute approximate surface area is 138 Å². The van der Waals surface area contributed by atoms with Crippen LogP contribution in [0.5, 0.6) is 11.5 Å². The highest BCUT2D eigenvalue weighted by atomic mass is 16.5. The molecule has 0 unspecified atom stereocenters. The van der Waals surface area contributed by atoms with E-state index in [0.29, 0.717) is 5.75 Å². The summed E-state index contributed by atoms with van der Waals surface area (Å²) in [7, 11) is 0. The molecule has 0 fully saturated rings. The Morgan fingerprint density at radius 3 is 2.00 bits per heavy atom. The van der Waals surface area contributed by atoms with Crippen LogP contribution >= 0.6 is 0 Å². The standard InChI is InChI=1S/C21H14O3/c22-20-13-17-8-4-3-7-16(17)12-19(20)21(23)24-18-10-9-14-5-1-2-6-15(14)11-18/h1-13,22H. The van der Waals surface area contributed by atoms with Crippen LogP contribution in [-0.4, -0.2) is 11.1 Å². The number of ether oxygens (including phenoxy) is 1. The summed E-state index contributed by atoms with van der Waals surface area (Å²) in [6, 6.07) is 24.1. The first-order valence-corrected chi connectivity index (χ1v) is 7.63. The van der Waals surface area contributed by atoms with Gasteiger partial charge in [0.25, 0.3) is 0 Å². The van der Waals surface area contributed by atoms with Crippen molar-refractivity contribution >= 4 is 27.5 Å². The number of benzene rings is 4. The topological polar surface area (TPSA) is 46.5 Å². The van der Waals surface area contributed by atoms with Gasteiger partial charge >= 0.3 is 5.97 Å². The molecular weight excluding hydrogens is 300 g/mol. The van der Waals surface area contributed by atoms with Crippen LogP contribution in [0.2, 0.25) is 0 Å². The molecule has 4 rings (SSSR count). The molecule has 0 aliphatic carbocycles. The molecule has 0 saturated heterocycles. The maximum absolute atomic E-state index is 12.4. The van der Waals surface area contributed by atoms with Gasteiger partial charge < -0.3 is 9.84 Å². The molecule has 0 aliphatic heterocycles. The van der Waals surface area contributed by atoms with E-state index in [2.05, 4.69) is 0 Å². The van der Waals surface area contributed by atoms with Crippen molar-refractivity contribution in [3.05, 3.63) is 84.4 Å². The highest BCUT2D eigenvalue weighted by Gasteiger charge is 2.15. The summed E-state index contributed by atoms with van der Waals surface area (Å²) in [5.74, 6) is -0.209. The minimum atomic E-state index is -0.575. The lowest BCUT2D eigenvalue weighted by Gasteiger charge is -2.08. The molecule has 3 nitrogen and oxygen atoms in total. The monoisotopic (exact) mass is 314 g/mol. The van der Waals surface area contributed by atoms with Crippen LogP contribution in [0, 0.1) is 0 Å². The van der Waals surface area contributed by atoms with Crippen LogP contribution in [0.15, 0.2) is 78.9 Å². The Balaban J connectivity index is 1.69. The summed E-state index contributed by atoms with van der Waals surface area (Å²) in [5, 5.41) is 13.9. The molecule has 3 heteroatoms. The summed E-state index contributed by atoms with van der Waals surface area (Å²) in [5.41, 5.74) is 0.154. The van der Waals surface area contributed by atoms with E-state index in [0.717, 1.165) is 21.5 Å². The van der Waals surface area contributed by atoms with Gasteiger partial charge in [-0.05, 0) is 45.8 Å². The summed E-state index contributed by atoms with van der Waals surface area (Å²) < 4.78 is 5.44. The van der Waals surface area contributed by atoms with Gasteiger partial charge in [-0.3, -0.25) is 0 Å². The Morgan fingerprint density at radius 2 is 1.29 bits per heavy atom. The SMILES string of the molecule is O=C(Oc1ccc2ccccc2c1)c1cc2ccccc2cc1O. The molecule has 24 heavy (non-hydrogen) atoms. The number of carbonyl (C=O) groups is 1. The van der Waals surface area contributed by atoms with Crippen LogP contribution in [0.25, 0.3) is 21.5 Å². The first kappa shape index (κ1) is 14.3. The van der Waals surface area contributed by atoms with Crippen LogP contribution in [0.3, 0.4) is 0 Å². The van der Waals surface area contributed by atoms with E-state index in [1.807, 2.05) is 60.7 Å². The van der Waals surface area contributed by atoms with Gasteiger partial charge in [0.2, 0.25) is 0 Å². The zero-order chi connectivity index (χ0) is 16.5. The first-order chi connectivity index (χ1) is 11.7. The van der Waals surface area contributed by atoms with E-state index >= 15 is 0 Å². The minimum absolute atomic E-state index is 0.0838. The maximum atomic E-state index is 12.4. The largest absolute Gasteiger partial charge is 0.507 e. The van der Waals surface area contributed by atoms with E-state index < -0.39 is 5.97 Å². The molecule has 0 atom stereocenters. The quantitative estimate of drug-likeness (QED) is 0.422. The number of hydrogen-bond acceptors (Lipinski definition) is 3. The zero-order valence-electron chi connectivity index (χ0n) is 12.8. The van der Waals surface area contributed by atoms with Crippen molar-refractivity contribution in [3.8, 4) is 11.5 Å². The number of aromatic hydroxyl groups is 1. The average Bonchev–Trinajstić information content (AvgIpc) is 2.61. The Bertz CT molecular complexity index is 1070. The van der Waals surface area contributed by atoms with Gasteiger partial charge in [-0.1, -0.05) is 54.6 Å². The fraction of sp³-hybridized carbons (Fsp3) is 0. The van der Waals surface area contributed by atoms with Crippen molar-refractivity contribution in [3.63, 3.8) is 0 Å². The number of phenolic OH excluding ortho intramolecular Hbond substituents is 1. The molecule has 0 saturated carbocycles. The summed E-state index contributed by atoms with van der Waals surface area (Å²) >= 11 is 0. The normalized spacial score (nSPS) is 10.8. The van der Waals surface area contributed by atoms with E-state index in [9.17, 15) is 9.90 Å².